The smallest absolute Gasteiger partial charge is 0.255 e. The molecule has 0 atom stereocenters. The molecular weight excluding hydrogens is 338 g/mol. The molecule has 2 aromatic rings. The van der Waals surface area contributed by atoms with Crippen LogP contribution in [0.2, 0.25) is 5.15 Å². The Morgan fingerprint density at radius 2 is 2.08 bits per heavy atom. The lowest BCUT2D eigenvalue weighted by atomic mass is 10.0. The van der Waals surface area contributed by atoms with Crippen molar-refractivity contribution in [1.82, 2.24) is 20.6 Å². The van der Waals surface area contributed by atoms with E-state index in [-0.39, 0.29) is 11.9 Å². The number of nitrogens with zero attached hydrogens (tertiary/aromatic N) is 2. The van der Waals surface area contributed by atoms with Crippen molar-refractivity contribution in [3.8, 4) is 11.3 Å². The van der Waals surface area contributed by atoms with E-state index < -0.39 is 0 Å². The van der Waals surface area contributed by atoms with Gasteiger partial charge in [-0.25, -0.2) is 4.98 Å². The normalized spacial score (nSPS) is 11.3. The lowest BCUT2D eigenvalue weighted by Crippen LogP contribution is -2.26. The Labute approximate surface area is 151 Å². The molecule has 0 spiro atoms. The van der Waals surface area contributed by atoms with Crippen LogP contribution in [0.1, 0.15) is 29.8 Å². The topological polar surface area (TPSA) is 90.8 Å². The molecule has 0 saturated heterocycles. The predicted molar refractivity (Wildman–Crippen MR) is 99.8 cm³/mol. The summed E-state index contributed by atoms with van der Waals surface area (Å²) >= 11 is 5.91. The first-order valence-corrected chi connectivity index (χ1v) is 8.15. The molecule has 6 nitrogen and oxygen atoms in total. The molecule has 1 amide bonds. The van der Waals surface area contributed by atoms with Crippen LogP contribution in [0.5, 0.6) is 0 Å². The average molecular weight is 358 g/mol. The summed E-state index contributed by atoms with van der Waals surface area (Å²) in [5.74, 6) is -0.309. The van der Waals surface area contributed by atoms with Crippen molar-refractivity contribution in [3.63, 3.8) is 0 Å². The summed E-state index contributed by atoms with van der Waals surface area (Å²) in [6.45, 7) is 5.87. The average Bonchev–Trinajstić information content (AvgIpc) is 2.58. The number of amides is 1. The minimum absolute atomic E-state index is 0.208. The van der Waals surface area contributed by atoms with Gasteiger partial charge in [-0.3, -0.25) is 9.78 Å². The molecule has 1 aromatic heterocycles. The van der Waals surface area contributed by atoms with Crippen molar-refractivity contribution in [2.45, 2.75) is 26.8 Å². The summed E-state index contributed by atoms with van der Waals surface area (Å²) < 4.78 is 0. The Bertz CT molecular complexity index is 817. The summed E-state index contributed by atoms with van der Waals surface area (Å²) in [5, 5.41) is 13.5. The second-order valence-electron chi connectivity index (χ2n) is 5.78. The molecular formula is C18H20ClN5O. The van der Waals surface area contributed by atoms with Crippen molar-refractivity contribution in [2.24, 2.45) is 0 Å². The Kier molecular flexibility index (Phi) is 6.25. The van der Waals surface area contributed by atoms with Crippen molar-refractivity contribution < 1.29 is 4.79 Å². The first kappa shape index (κ1) is 18.6. The highest BCUT2D eigenvalue weighted by Gasteiger charge is 2.12. The molecule has 130 valence electrons. The fourth-order valence-electron chi connectivity index (χ4n) is 2.08. The Morgan fingerprint density at radius 3 is 2.72 bits per heavy atom. The molecule has 0 aliphatic rings. The van der Waals surface area contributed by atoms with Crippen molar-refractivity contribution in [2.75, 3.05) is 0 Å². The highest BCUT2D eigenvalue weighted by atomic mass is 35.5. The van der Waals surface area contributed by atoms with Gasteiger partial charge in [0.2, 0.25) is 0 Å². The number of allylic oxidation sites excluding steroid dienone is 1. The first-order valence-electron chi connectivity index (χ1n) is 7.77. The third kappa shape index (κ3) is 5.12. The SMILES string of the molecule is Cc1ccc(C(=O)N/C(C=N)=C/NC(C)C)cc1-c1cncc(Cl)n1. The standard InChI is InChI=1S/C18H20ClN5O/c1-11(2)22-8-14(7-20)23-18(25)13-5-4-12(3)15(6-13)16-9-21-10-17(19)24-16/h4-11,20,22H,1-3H3,(H,23,25)/b14-8+,20-7?. The van der Waals surface area contributed by atoms with Crippen LogP contribution in [0.25, 0.3) is 11.3 Å². The van der Waals surface area contributed by atoms with Crippen LogP contribution in [0.3, 0.4) is 0 Å². The van der Waals surface area contributed by atoms with Gasteiger partial charge >= 0.3 is 0 Å². The van der Waals surface area contributed by atoms with Crippen LogP contribution in [0.4, 0.5) is 0 Å². The number of nitrogens with one attached hydrogen (secondary N) is 3. The van der Waals surface area contributed by atoms with Gasteiger partial charge in [-0.1, -0.05) is 17.7 Å². The molecule has 3 N–H and O–H groups in total. The minimum Gasteiger partial charge on any atom is -0.387 e. The van der Waals surface area contributed by atoms with E-state index in [9.17, 15) is 4.79 Å². The largest absolute Gasteiger partial charge is 0.387 e. The molecule has 0 aliphatic carbocycles. The van der Waals surface area contributed by atoms with E-state index in [2.05, 4.69) is 20.6 Å². The lowest BCUT2D eigenvalue weighted by Gasteiger charge is -2.11. The summed E-state index contributed by atoms with van der Waals surface area (Å²) in [7, 11) is 0. The second-order valence-corrected chi connectivity index (χ2v) is 6.16. The Hall–Kier alpha value is -2.73. The zero-order valence-corrected chi connectivity index (χ0v) is 15.1. The quantitative estimate of drug-likeness (QED) is 0.691. The minimum atomic E-state index is -0.309. The van der Waals surface area contributed by atoms with Gasteiger partial charge in [-0.2, -0.15) is 0 Å². The van der Waals surface area contributed by atoms with E-state index in [0.29, 0.717) is 22.1 Å². The Balaban J connectivity index is 2.28. The molecule has 2 rings (SSSR count). The first-order chi connectivity index (χ1) is 11.9. The van der Waals surface area contributed by atoms with Gasteiger partial charge < -0.3 is 16.0 Å². The number of benzene rings is 1. The van der Waals surface area contributed by atoms with E-state index in [4.69, 9.17) is 17.0 Å². The molecule has 0 fully saturated rings. The number of rotatable bonds is 6. The fraction of sp³-hybridized carbons (Fsp3) is 0.222. The highest BCUT2D eigenvalue weighted by Crippen LogP contribution is 2.23. The maximum Gasteiger partial charge on any atom is 0.255 e. The second kappa shape index (κ2) is 8.39. The number of aryl methyl sites for hydroxylation is 1. The van der Waals surface area contributed by atoms with E-state index in [0.717, 1.165) is 17.3 Å². The maximum absolute atomic E-state index is 12.5. The zero-order valence-electron chi connectivity index (χ0n) is 14.3. The predicted octanol–water partition coefficient (Wildman–Crippen LogP) is 3.32. The van der Waals surface area contributed by atoms with Crippen molar-refractivity contribution in [3.05, 3.63) is 58.8 Å². The van der Waals surface area contributed by atoms with Gasteiger partial charge in [-0.05, 0) is 38.5 Å². The molecule has 7 heteroatoms. The maximum atomic E-state index is 12.5. The van der Waals surface area contributed by atoms with Crippen LogP contribution >= 0.6 is 11.6 Å². The zero-order chi connectivity index (χ0) is 18.4. The van der Waals surface area contributed by atoms with Gasteiger partial charge in [0.05, 0.1) is 23.8 Å². The van der Waals surface area contributed by atoms with Crippen LogP contribution < -0.4 is 10.6 Å². The molecule has 0 saturated carbocycles. The number of hydrogen-bond donors (Lipinski definition) is 3. The van der Waals surface area contributed by atoms with E-state index in [1.165, 1.54) is 6.20 Å². The summed E-state index contributed by atoms with van der Waals surface area (Å²) in [6.07, 6.45) is 5.75. The van der Waals surface area contributed by atoms with Gasteiger partial charge in [0.25, 0.3) is 5.91 Å². The number of carbonyl (C=O) groups is 1. The summed E-state index contributed by atoms with van der Waals surface area (Å²) in [6, 6.07) is 5.51. The molecule has 1 aromatic carbocycles. The van der Waals surface area contributed by atoms with E-state index in [1.54, 1.807) is 24.5 Å². The highest BCUT2D eigenvalue weighted by molar-refractivity contribution is 6.29. The van der Waals surface area contributed by atoms with Crippen LogP contribution in [0.15, 0.2) is 42.5 Å². The molecule has 0 unspecified atom stereocenters. The Morgan fingerprint density at radius 1 is 1.32 bits per heavy atom. The molecule has 1 heterocycles. The van der Waals surface area contributed by atoms with Crippen LogP contribution in [-0.2, 0) is 0 Å². The van der Waals surface area contributed by atoms with E-state index >= 15 is 0 Å². The molecule has 0 radical (unpaired) electrons. The van der Waals surface area contributed by atoms with Gasteiger partial charge in [0.1, 0.15) is 5.15 Å². The van der Waals surface area contributed by atoms with Crippen LogP contribution in [-0.4, -0.2) is 28.1 Å². The third-order valence-electron chi connectivity index (χ3n) is 3.37. The molecule has 0 aliphatic heterocycles. The van der Waals surface area contributed by atoms with Gasteiger partial charge in [0.15, 0.2) is 0 Å². The molecule has 0 bridgehead atoms. The van der Waals surface area contributed by atoms with Gasteiger partial charge in [0, 0.05) is 29.6 Å². The number of halogens is 1. The van der Waals surface area contributed by atoms with Crippen LogP contribution in [0, 0.1) is 12.3 Å². The summed E-state index contributed by atoms with van der Waals surface area (Å²) in [4.78, 5) is 20.8. The number of hydrogen-bond acceptors (Lipinski definition) is 5. The van der Waals surface area contributed by atoms with E-state index in [1.807, 2.05) is 26.8 Å². The monoisotopic (exact) mass is 357 g/mol. The van der Waals surface area contributed by atoms with Gasteiger partial charge in [-0.15, -0.1) is 0 Å². The number of carbonyl (C=O) groups excluding carboxylic acids is 1. The molecule has 25 heavy (non-hydrogen) atoms. The fourth-order valence-corrected chi connectivity index (χ4v) is 2.23. The number of aromatic nitrogens is 2. The van der Waals surface area contributed by atoms with Crippen molar-refractivity contribution >= 4 is 23.7 Å². The van der Waals surface area contributed by atoms with Crippen molar-refractivity contribution in [1.29, 1.82) is 5.41 Å². The third-order valence-corrected chi connectivity index (χ3v) is 3.55. The lowest BCUT2D eigenvalue weighted by molar-refractivity contribution is 0.0968. The summed E-state index contributed by atoms with van der Waals surface area (Å²) in [5.41, 5.74) is 3.17.